The number of ether oxygens (including phenoxy) is 2. The number of piperazine rings is 1. The molecular formula is C29H30N8O3S. The van der Waals surface area contributed by atoms with Crippen LogP contribution in [0.5, 0.6) is 11.6 Å². The third-order valence-electron chi connectivity index (χ3n) is 8.30. The Morgan fingerprint density at radius 1 is 1.12 bits per heavy atom. The van der Waals surface area contributed by atoms with Gasteiger partial charge in [0.2, 0.25) is 5.88 Å². The molecule has 11 nitrogen and oxygen atoms in total. The second kappa shape index (κ2) is 10.0. The van der Waals surface area contributed by atoms with Crippen molar-refractivity contribution >= 4 is 21.1 Å². The zero-order valence-corrected chi connectivity index (χ0v) is 23.5. The van der Waals surface area contributed by atoms with Crippen LogP contribution in [0.25, 0.3) is 16.6 Å². The first-order valence-corrected chi connectivity index (χ1v) is 15.5. The summed E-state index contributed by atoms with van der Waals surface area (Å²) >= 11 is 0. The number of piperidine rings is 1. The monoisotopic (exact) mass is 570 g/mol. The summed E-state index contributed by atoms with van der Waals surface area (Å²) in [5.41, 5.74) is 4.06. The summed E-state index contributed by atoms with van der Waals surface area (Å²) in [6.45, 7) is 3.13. The van der Waals surface area contributed by atoms with E-state index in [0.29, 0.717) is 52.9 Å². The third kappa shape index (κ3) is 4.85. The van der Waals surface area contributed by atoms with Gasteiger partial charge in [0.1, 0.15) is 17.6 Å². The average Bonchev–Trinajstić information content (AvgIpc) is 3.41. The minimum atomic E-state index is -2.41. The molecule has 210 valence electrons. The topological polar surface area (TPSA) is 133 Å². The highest BCUT2D eigenvalue weighted by molar-refractivity contribution is 7.93. The average molecular weight is 571 g/mol. The van der Waals surface area contributed by atoms with Gasteiger partial charge in [-0.3, -0.25) is 9.68 Å². The second-order valence-electron chi connectivity index (χ2n) is 11.1. The van der Waals surface area contributed by atoms with Crippen LogP contribution in [0, 0.1) is 22.0 Å². The van der Waals surface area contributed by atoms with Crippen molar-refractivity contribution in [2.45, 2.75) is 25.0 Å². The van der Waals surface area contributed by atoms with Gasteiger partial charge in [-0.2, -0.15) is 10.4 Å². The van der Waals surface area contributed by atoms with Gasteiger partial charge in [0, 0.05) is 88.5 Å². The molecule has 8 rings (SSSR count). The fourth-order valence-corrected chi connectivity index (χ4v) is 7.82. The quantitative estimate of drug-likeness (QED) is 0.339. The summed E-state index contributed by atoms with van der Waals surface area (Å²) in [5.74, 6) is 3.05. The number of hydrogen-bond donors (Lipinski definition) is 1. The van der Waals surface area contributed by atoms with E-state index in [4.69, 9.17) is 19.2 Å². The molecular weight excluding hydrogens is 540 g/mol. The van der Waals surface area contributed by atoms with E-state index < -0.39 is 9.73 Å². The lowest BCUT2D eigenvalue weighted by Crippen LogP contribution is -2.68. The fraction of sp³-hybridized carbons (Fsp3) is 0.379. The van der Waals surface area contributed by atoms with Crippen LogP contribution in [-0.2, 0) is 16.3 Å². The maximum absolute atomic E-state index is 11.7. The summed E-state index contributed by atoms with van der Waals surface area (Å²) in [4.78, 5) is 14.1. The van der Waals surface area contributed by atoms with Crippen LogP contribution in [0.2, 0.25) is 0 Å². The molecule has 41 heavy (non-hydrogen) atoms. The molecule has 2 bridgehead atoms. The molecule has 0 amide bonds. The first kappa shape index (κ1) is 25.7. The molecule has 0 saturated carbocycles. The number of methoxy groups -OCH3 is 1. The minimum Gasteiger partial charge on any atom is -0.492 e. The van der Waals surface area contributed by atoms with Crippen molar-refractivity contribution in [2.75, 3.05) is 43.2 Å². The highest BCUT2D eigenvalue weighted by atomic mass is 32.2. The molecule has 12 heteroatoms. The van der Waals surface area contributed by atoms with E-state index >= 15 is 0 Å². The number of aromatic nitrogens is 4. The Morgan fingerprint density at radius 2 is 1.95 bits per heavy atom. The molecule has 0 aromatic carbocycles. The van der Waals surface area contributed by atoms with Gasteiger partial charge in [-0.1, -0.05) is 6.07 Å². The van der Waals surface area contributed by atoms with Crippen molar-refractivity contribution < 1.29 is 13.7 Å². The maximum Gasteiger partial charge on any atom is 0.212 e. The van der Waals surface area contributed by atoms with Crippen molar-refractivity contribution in [2.24, 2.45) is 5.92 Å². The van der Waals surface area contributed by atoms with Crippen molar-refractivity contribution in [1.82, 2.24) is 24.5 Å². The normalized spacial score (nSPS) is 25.3. The van der Waals surface area contributed by atoms with E-state index in [-0.39, 0.29) is 5.92 Å². The van der Waals surface area contributed by atoms with Crippen molar-refractivity contribution in [1.29, 1.82) is 10.0 Å². The summed E-state index contributed by atoms with van der Waals surface area (Å²) in [7, 11) is -0.783. The molecule has 0 radical (unpaired) electrons. The maximum atomic E-state index is 11.7. The SMILES string of the molecule is COc1ccc(CN2C3CC2CN(c2ccc(-c4cc(OCC5CS(=N)(=O)C5)cn5ncc(C#N)c45)cn2)C3)cn1. The Bertz CT molecular complexity index is 1720. The molecule has 0 aliphatic carbocycles. The number of nitrogens with zero attached hydrogens (tertiary/aromatic N) is 7. The molecule has 4 aromatic heterocycles. The van der Waals surface area contributed by atoms with Gasteiger partial charge in [0.25, 0.3) is 0 Å². The van der Waals surface area contributed by atoms with Crippen LogP contribution in [0.15, 0.2) is 55.1 Å². The molecule has 4 fully saturated rings. The summed E-state index contributed by atoms with van der Waals surface area (Å²) in [6.07, 6.45) is 8.25. The van der Waals surface area contributed by atoms with Crippen LogP contribution in [-0.4, -0.2) is 79.1 Å². The van der Waals surface area contributed by atoms with Crippen molar-refractivity contribution in [3.05, 3.63) is 66.2 Å². The van der Waals surface area contributed by atoms with Crippen LogP contribution in [0.4, 0.5) is 5.82 Å². The molecule has 8 heterocycles. The van der Waals surface area contributed by atoms with E-state index in [1.807, 2.05) is 36.7 Å². The molecule has 4 aromatic rings. The van der Waals surface area contributed by atoms with Gasteiger partial charge >= 0.3 is 0 Å². The van der Waals surface area contributed by atoms with Crippen LogP contribution >= 0.6 is 0 Å². The molecule has 2 atom stereocenters. The standard InChI is InChI=1S/C29H30N8O3S/c1-39-28-5-2-19(9-33-28)12-36-23-6-24(36)14-35(13-23)27-4-3-21(10-32-27)26-7-25(40-16-20-17-41(31,38)18-20)15-37-29(26)22(8-30)11-34-37/h2-5,7,9-11,15,20,23-24,31H,6,12-14,16-18H2,1H3. The Balaban J connectivity index is 1.07. The lowest BCUT2D eigenvalue weighted by molar-refractivity contribution is -0.00876. The number of fused-ring (bicyclic) bond motifs is 3. The number of hydrogen-bond acceptors (Lipinski definition) is 10. The largest absolute Gasteiger partial charge is 0.492 e. The zero-order chi connectivity index (χ0) is 28.1. The van der Waals surface area contributed by atoms with E-state index in [9.17, 15) is 9.47 Å². The van der Waals surface area contributed by atoms with Gasteiger partial charge in [-0.05, 0) is 30.2 Å². The predicted molar refractivity (Wildman–Crippen MR) is 153 cm³/mol. The first-order chi connectivity index (χ1) is 19.9. The molecule has 2 unspecified atom stereocenters. The molecule has 4 aliphatic rings. The first-order valence-electron chi connectivity index (χ1n) is 13.6. The molecule has 4 aliphatic heterocycles. The van der Waals surface area contributed by atoms with E-state index in [1.165, 1.54) is 12.0 Å². The number of nitriles is 1. The van der Waals surface area contributed by atoms with Gasteiger partial charge < -0.3 is 14.4 Å². The Labute approximate surface area is 238 Å². The number of nitrogens with one attached hydrogen (secondary N) is 1. The van der Waals surface area contributed by atoms with Gasteiger partial charge in [0.05, 0.1) is 37.2 Å². The number of pyridine rings is 3. The second-order valence-corrected chi connectivity index (χ2v) is 13.4. The Kier molecular flexibility index (Phi) is 6.28. The van der Waals surface area contributed by atoms with E-state index in [1.54, 1.807) is 24.0 Å². The Hall–Kier alpha value is -4.21. The van der Waals surface area contributed by atoms with Crippen molar-refractivity contribution in [3.63, 3.8) is 0 Å². The highest BCUT2D eigenvalue weighted by Crippen LogP contribution is 2.37. The fourth-order valence-electron chi connectivity index (χ4n) is 6.20. The lowest BCUT2D eigenvalue weighted by Gasteiger charge is -2.56. The smallest absolute Gasteiger partial charge is 0.212 e. The molecule has 1 N–H and O–H groups in total. The number of anilines is 1. The van der Waals surface area contributed by atoms with Gasteiger partial charge in [-0.15, -0.1) is 0 Å². The summed E-state index contributed by atoms with van der Waals surface area (Å²) < 4.78 is 32.2. The number of rotatable bonds is 8. The third-order valence-corrected chi connectivity index (χ3v) is 10.3. The van der Waals surface area contributed by atoms with Gasteiger partial charge in [-0.25, -0.2) is 18.7 Å². The molecule has 0 spiro atoms. The summed E-state index contributed by atoms with van der Waals surface area (Å²) in [5, 5.41) is 14.1. The summed E-state index contributed by atoms with van der Waals surface area (Å²) in [6, 6.07) is 13.2. The highest BCUT2D eigenvalue weighted by Gasteiger charge is 2.44. The Morgan fingerprint density at radius 3 is 2.61 bits per heavy atom. The van der Waals surface area contributed by atoms with E-state index in [0.717, 1.165) is 36.6 Å². The zero-order valence-electron chi connectivity index (χ0n) is 22.6. The van der Waals surface area contributed by atoms with Gasteiger partial charge in [0.15, 0.2) is 0 Å². The van der Waals surface area contributed by atoms with Crippen LogP contribution < -0.4 is 14.4 Å². The minimum absolute atomic E-state index is 0.118. The molecule has 4 saturated heterocycles. The van der Waals surface area contributed by atoms with E-state index in [2.05, 4.69) is 32.0 Å². The van der Waals surface area contributed by atoms with Crippen molar-refractivity contribution in [3.8, 4) is 28.8 Å². The predicted octanol–water partition coefficient (Wildman–Crippen LogP) is 3.19. The lowest BCUT2D eigenvalue weighted by atomic mass is 9.87. The van der Waals surface area contributed by atoms with Crippen LogP contribution in [0.3, 0.4) is 0 Å². The van der Waals surface area contributed by atoms with Crippen LogP contribution in [0.1, 0.15) is 17.5 Å².